The summed E-state index contributed by atoms with van der Waals surface area (Å²) in [5.74, 6) is -0.516. The van der Waals surface area contributed by atoms with Crippen LogP contribution in [-0.2, 0) is 29.4 Å². The molecule has 0 aliphatic heterocycles. The molecule has 1 aliphatic rings. The second-order valence-corrected chi connectivity index (χ2v) is 8.52. The average molecular weight is 395 g/mol. The molecule has 0 spiro atoms. The van der Waals surface area contributed by atoms with Gasteiger partial charge in [0.15, 0.2) is 5.16 Å². The number of thiophene rings is 1. The summed E-state index contributed by atoms with van der Waals surface area (Å²) >= 11 is 2.83. The predicted octanol–water partition coefficient (Wildman–Crippen LogP) is 3.05. The van der Waals surface area contributed by atoms with Gasteiger partial charge >= 0.3 is 5.97 Å². The summed E-state index contributed by atoms with van der Waals surface area (Å²) in [6.45, 7) is 3.91. The Kier molecular flexibility index (Phi) is 5.98. The van der Waals surface area contributed by atoms with E-state index >= 15 is 0 Å². The van der Waals surface area contributed by atoms with Crippen LogP contribution in [0, 0.1) is 0 Å². The third-order valence-corrected chi connectivity index (χ3v) is 6.56. The van der Waals surface area contributed by atoms with Gasteiger partial charge in [0.05, 0.1) is 17.4 Å². The van der Waals surface area contributed by atoms with Crippen molar-refractivity contribution in [3.05, 3.63) is 22.3 Å². The van der Waals surface area contributed by atoms with Gasteiger partial charge in [-0.3, -0.25) is 4.79 Å². The molecule has 1 N–H and O–H groups in total. The van der Waals surface area contributed by atoms with E-state index in [2.05, 4.69) is 15.5 Å². The molecule has 140 valence electrons. The summed E-state index contributed by atoms with van der Waals surface area (Å²) in [5, 5.41) is 11.7. The van der Waals surface area contributed by atoms with Crippen LogP contribution in [0.5, 0.6) is 0 Å². The molecule has 0 fully saturated rings. The van der Waals surface area contributed by atoms with E-state index in [9.17, 15) is 9.59 Å². The Morgan fingerprint density at radius 1 is 1.42 bits per heavy atom. The number of aryl methyl sites for hydroxylation is 2. The molecule has 1 amide bonds. The van der Waals surface area contributed by atoms with Crippen molar-refractivity contribution in [2.24, 2.45) is 7.05 Å². The van der Waals surface area contributed by atoms with Gasteiger partial charge in [0.2, 0.25) is 5.91 Å². The van der Waals surface area contributed by atoms with Crippen molar-refractivity contribution in [2.45, 2.75) is 49.9 Å². The van der Waals surface area contributed by atoms with E-state index in [1.54, 1.807) is 17.8 Å². The maximum Gasteiger partial charge on any atom is 0.341 e. The van der Waals surface area contributed by atoms with E-state index in [1.165, 1.54) is 28.0 Å². The first-order valence-corrected chi connectivity index (χ1v) is 10.3. The van der Waals surface area contributed by atoms with Gasteiger partial charge in [0, 0.05) is 11.9 Å². The highest BCUT2D eigenvalue weighted by atomic mass is 32.2. The van der Waals surface area contributed by atoms with Crippen LogP contribution in [0.25, 0.3) is 0 Å². The van der Waals surface area contributed by atoms with Crippen LogP contribution in [0.4, 0.5) is 5.00 Å². The quantitative estimate of drug-likeness (QED) is 0.599. The zero-order chi connectivity index (χ0) is 18.7. The fraction of sp³-hybridized carbons (Fsp3) is 0.529. The van der Waals surface area contributed by atoms with Gasteiger partial charge in [-0.2, -0.15) is 0 Å². The third kappa shape index (κ3) is 3.93. The highest BCUT2D eigenvalue weighted by molar-refractivity contribution is 8.00. The minimum Gasteiger partial charge on any atom is -0.462 e. The molecule has 0 saturated heterocycles. The fourth-order valence-corrected chi connectivity index (χ4v) is 4.95. The van der Waals surface area contributed by atoms with Gasteiger partial charge in [-0.05, 0) is 45.1 Å². The molecular formula is C17H22N4O3S2. The van der Waals surface area contributed by atoms with Crippen LogP contribution in [-0.4, -0.2) is 38.5 Å². The van der Waals surface area contributed by atoms with Gasteiger partial charge in [0.25, 0.3) is 0 Å². The number of carbonyl (C=O) groups excluding carboxylic acids is 2. The lowest BCUT2D eigenvalue weighted by molar-refractivity contribution is -0.115. The number of hydrogen-bond acceptors (Lipinski definition) is 7. The molecule has 0 radical (unpaired) electrons. The van der Waals surface area contributed by atoms with Crippen molar-refractivity contribution in [1.82, 2.24) is 14.8 Å². The normalized spacial score (nSPS) is 14.6. The second-order valence-electron chi connectivity index (χ2n) is 6.11. The standard InChI is InChI=1S/C17H22N4O3S2/c1-4-24-16(23)13-11-7-5-6-8-12(11)26-15(13)19-14(22)10(2)25-17-20-18-9-21(17)3/h9-10H,4-8H2,1-3H3,(H,19,22)/t10-/m0/s1. The number of amides is 1. The van der Waals surface area contributed by atoms with Crippen molar-refractivity contribution >= 4 is 40.0 Å². The smallest absolute Gasteiger partial charge is 0.341 e. The molecular weight excluding hydrogens is 372 g/mol. The molecule has 0 unspecified atom stereocenters. The van der Waals surface area contributed by atoms with Gasteiger partial charge in [-0.15, -0.1) is 21.5 Å². The first kappa shape index (κ1) is 18.9. The van der Waals surface area contributed by atoms with Crippen LogP contribution in [0.2, 0.25) is 0 Å². The van der Waals surface area contributed by atoms with E-state index < -0.39 is 0 Å². The predicted molar refractivity (Wildman–Crippen MR) is 102 cm³/mol. The molecule has 2 aromatic heterocycles. The summed E-state index contributed by atoms with van der Waals surface area (Å²) in [5.41, 5.74) is 1.58. The number of esters is 1. The van der Waals surface area contributed by atoms with E-state index in [0.717, 1.165) is 31.2 Å². The van der Waals surface area contributed by atoms with E-state index in [-0.39, 0.29) is 17.1 Å². The van der Waals surface area contributed by atoms with Crippen molar-refractivity contribution in [3.8, 4) is 0 Å². The van der Waals surface area contributed by atoms with Crippen molar-refractivity contribution in [1.29, 1.82) is 0 Å². The maximum absolute atomic E-state index is 12.7. The molecule has 0 bridgehead atoms. The number of fused-ring (bicyclic) bond motifs is 1. The number of hydrogen-bond donors (Lipinski definition) is 1. The third-order valence-electron chi connectivity index (χ3n) is 4.21. The number of aromatic nitrogens is 3. The van der Waals surface area contributed by atoms with E-state index in [1.807, 2.05) is 14.0 Å². The number of carbonyl (C=O) groups is 2. The molecule has 1 aliphatic carbocycles. The highest BCUT2D eigenvalue weighted by Gasteiger charge is 2.28. The number of ether oxygens (including phenoxy) is 1. The lowest BCUT2D eigenvalue weighted by Gasteiger charge is -2.13. The Hall–Kier alpha value is -1.87. The van der Waals surface area contributed by atoms with Crippen molar-refractivity contribution in [3.63, 3.8) is 0 Å². The van der Waals surface area contributed by atoms with Crippen LogP contribution >= 0.6 is 23.1 Å². The minimum absolute atomic E-state index is 0.165. The summed E-state index contributed by atoms with van der Waals surface area (Å²) in [6, 6.07) is 0. The lowest BCUT2D eigenvalue weighted by Crippen LogP contribution is -2.23. The van der Waals surface area contributed by atoms with Gasteiger partial charge in [0.1, 0.15) is 11.3 Å². The Morgan fingerprint density at radius 3 is 2.88 bits per heavy atom. The Labute approximate surface area is 160 Å². The first-order chi connectivity index (χ1) is 12.5. The van der Waals surface area contributed by atoms with Crippen molar-refractivity contribution in [2.75, 3.05) is 11.9 Å². The lowest BCUT2D eigenvalue weighted by atomic mass is 9.95. The molecule has 9 heteroatoms. The second kappa shape index (κ2) is 8.22. The summed E-state index contributed by atoms with van der Waals surface area (Å²) in [7, 11) is 1.83. The van der Waals surface area contributed by atoms with E-state index in [4.69, 9.17) is 4.74 Å². The molecule has 3 rings (SSSR count). The molecule has 26 heavy (non-hydrogen) atoms. The number of rotatable bonds is 6. The number of nitrogens with zero attached hydrogens (tertiary/aromatic N) is 3. The Bertz CT molecular complexity index is 815. The van der Waals surface area contributed by atoms with Gasteiger partial charge in [-0.25, -0.2) is 4.79 Å². The maximum atomic E-state index is 12.7. The molecule has 1 atom stereocenters. The van der Waals surface area contributed by atoms with Crippen LogP contribution in [0.3, 0.4) is 0 Å². The fourth-order valence-electron chi connectivity index (χ4n) is 2.88. The van der Waals surface area contributed by atoms with E-state index in [0.29, 0.717) is 22.3 Å². The monoisotopic (exact) mass is 394 g/mol. The first-order valence-electron chi connectivity index (χ1n) is 8.64. The number of nitrogens with one attached hydrogen (secondary N) is 1. The topological polar surface area (TPSA) is 86.1 Å². The molecule has 2 heterocycles. The molecule has 7 nitrogen and oxygen atoms in total. The van der Waals surface area contributed by atoms with Crippen LogP contribution < -0.4 is 5.32 Å². The largest absolute Gasteiger partial charge is 0.462 e. The Balaban J connectivity index is 1.80. The zero-order valence-corrected chi connectivity index (χ0v) is 16.7. The average Bonchev–Trinajstić information content (AvgIpc) is 3.18. The van der Waals surface area contributed by atoms with Crippen LogP contribution in [0.1, 0.15) is 47.5 Å². The van der Waals surface area contributed by atoms with Gasteiger partial charge < -0.3 is 14.6 Å². The molecule has 0 saturated carbocycles. The summed E-state index contributed by atoms with van der Waals surface area (Å²) in [4.78, 5) is 26.3. The summed E-state index contributed by atoms with van der Waals surface area (Å²) in [6.07, 6.45) is 5.58. The summed E-state index contributed by atoms with van der Waals surface area (Å²) < 4.78 is 6.99. The van der Waals surface area contributed by atoms with Gasteiger partial charge in [-0.1, -0.05) is 11.8 Å². The number of thioether (sulfide) groups is 1. The Morgan fingerprint density at radius 2 is 2.19 bits per heavy atom. The minimum atomic E-state index is -0.368. The molecule has 2 aromatic rings. The highest BCUT2D eigenvalue weighted by Crippen LogP contribution is 2.39. The van der Waals surface area contributed by atoms with Crippen LogP contribution in [0.15, 0.2) is 11.5 Å². The molecule has 0 aromatic carbocycles. The SMILES string of the molecule is CCOC(=O)c1c(NC(=O)[C@H](C)Sc2nncn2C)sc2c1CCCC2. The number of anilines is 1. The van der Waals surface area contributed by atoms with Crippen molar-refractivity contribution < 1.29 is 14.3 Å². The zero-order valence-electron chi connectivity index (χ0n) is 15.1.